The first kappa shape index (κ1) is 24.5. The Balaban J connectivity index is 1.62. The van der Waals surface area contributed by atoms with Gasteiger partial charge in [-0.3, -0.25) is 9.59 Å². The van der Waals surface area contributed by atoms with Gasteiger partial charge in [0, 0.05) is 10.7 Å². The number of esters is 1. The average molecular weight is 480 g/mol. The van der Waals surface area contributed by atoms with E-state index in [2.05, 4.69) is 15.8 Å². The Morgan fingerprint density at radius 1 is 0.971 bits per heavy atom. The predicted octanol–water partition coefficient (Wildman–Crippen LogP) is 4.22. The maximum absolute atomic E-state index is 12.4. The molecule has 3 aromatic rings. The summed E-state index contributed by atoms with van der Waals surface area (Å²) in [6, 6.07) is 18.3. The lowest BCUT2D eigenvalue weighted by Gasteiger charge is -2.10. The number of nitrogens with zero attached hydrogens (tertiary/aromatic N) is 1. The molecule has 34 heavy (non-hydrogen) atoms. The monoisotopic (exact) mass is 479 g/mol. The standard InChI is InChI=1S/C25H22ClN3O5/c1-3-17-7-4-5-10-20(17)28-23(30)24(31)29-27-15-16-11-12-21(22(13-16)33-2)34-25(32)18-8-6-9-19(26)14-18/h4-15H,3H2,1-2H3,(H,28,30)(H,29,31)/b27-15+. The van der Waals surface area contributed by atoms with E-state index in [0.717, 1.165) is 5.56 Å². The number of aryl methyl sites for hydroxylation is 1. The quantitative estimate of drug-likeness (QED) is 0.173. The molecule has 0 saturated carbocycles. The Hall–Kier alpha value is -4.17. The van der Waals surface area contributed by atoms with Gasteiger partial charge in [-0.25, -0.2) is 10.2 Å². The molecule has 3 rings (SSSR count). The topological polar surface area (TPSA) is 106 Å². The van der Waals surface area contributed by atoms with Gasteiger partial charge in [0.25, 0.3) is 0 Å². The van der Waals surface area contributed by atoms with Crippen molar-refractivity contribution in [1.82, 2.24) is 5.43 Å². The van der Waals surface area contributed by atoms with E-state index >= 15 is 0 Å². The van der Waals surface area contributed by atoms with Gasteiger partial charge in [0.1, 0.15) is 0 Å². The van der Waals surface area contributed by atoms with Crippen LogP contribution >= 0.6 is 11.6 Å². The Bertz CT molecular complexity index is 1240. The summed E-state index contributed by atoms with van der Waals surface area (Å²) in [4.78, 5) is 36.6. The van der Waals surface area contributed by atoms with Crippen LogP contribution in [0.2, 0.25) is 5.02 Å². The van der Waals surface area contributed by atoms with Gasteiger partial charge in [-0.15, -0.1) is 0 Å². The second kappa shape index (κ2) is 11.6. The zero-order valence-electron chi connectivity index (χ0n) is 18.5. The highest BCUT2D eigenvalue weighted by Gasteiger charge is 2.15. The lowest BCUT2D eigenvalue weighted by molar-refractivity contribution is -0.136. The van der Waals surface area contributed by atoms with Crippen LogP contribution in [0.4, 0.5) is 5.69 Å². The SMILES string of the molecule is CCc1ccccc1NC(=O)C(=O)N/N=C/c1ccc(OC(=O)c2cccc(Cl)c2)c(OC)c1. The number of methoxy groups -OCH3 is 1. The van der Waals surface area contributed by atoms with Crippen molar-refractivity contribution in [3.05, 3.63) is 88.4 Å². The fourth-order valence-electron chi connectivity index (χ4n) is 2.97. The summed E-state index contributed by atoms with van der Waals surface area (Å²) in [6.45, 7) is 1.95. The van der Waals surface area contributed by atoms with E-state index in [1.807, 2.05) is 19.1 Å². The third-order valence-electron chi connectivity index (χ3n) is 4.68. The zero-order valence-corrected chi connectivity index (χ0v) is 19.3. The van der Waals surface area contributed by atoms with Crippen LogP contribution in [0.15, 0.2) is 71.8 Å². The van der Waals surface area contributed by atoms with Crippen molar-refractivity contribution in [2.75, 3.05) is 12.4 Å². The molecule has 9 heteroatoms. The summed E-state index contributed by atoms with van der Waals surface area (Å²) in [5, 5.41) is 6.79. The van der Waals surface area contributed by atoms with Gasteiger partial charge in [0.2, 0.25) is 0 Å². The smallest absolute Gasteiger partial charge is 0.343 e. The molecule has 0 aromatic heterocycles. The maximum Gasteiger partial charge on any atom is 0.343 e. The fraction of sp³-hybridized carbons (Fsp3) is 0.120. The van der Waals surface area contributed by atoms with Crippen LogP contribution in [0.3, 0.4) is 0 Å². The minimum Gasteiger partial charge on any atom is -0.493 e. The number of carbonyl (C=O) groups is 3. The van der Waals surface area contributed by atoms with Gasteiger partial charge in [-0.05, 0) is 60.0 Å². The van der Waals surface area contributed by atoms with Gasteiger partial charge in [-0.2, -0.15) is 5.10 Å². The summed E-state index contributed by atoms with van der Waals surface area (Å²) in [6.07, 6.45) is 2.04. The fourth-order valence-corrected chi connectivity index (χ4v) is 3.16. The van der Waals surface area contributed by atoms with Gasteiger partial charge in [0.15, 0.2) is 11.5 Å². The Kier molecular flexibility index (Phi) is 8.37. The number of rotatable bonds is 7. The lowest BCUT2D eigenvalue weighted by atomic mass is 10.1. The molecule has 0 aliphatic carbocycles. The second-order valence-corrected chi connectivity index (χ2v) is 7.41. The van der Waals surface area contributed by atoms with Crippen molar-refractivity contribution in [2.24, 2.45) is 5.10 Å². The summed E-state index contributed by atoms with van der Waals surface area (Å²) in [5.41, 5.74) is 4.50. The van der Waals surface area contributed by atoms with Gasteiger partial charge in [-0.1, -0.05) is 42.8 Å². The summed E-state index contributed by atoms with van der Waals surface area (Å²) >= 11 is 5.91. The third-order valence-corrected chi connectivity index (χ3v) is 4.92. The molecule has 0 saturated heterocycles. The highest BCUT2D eigenvalue weighted by Crippen LogP contribution is 2.28. The minimum absolute atomic E-state index is 0.197. The predicted molar refractivity (Wildman–Crippen MR) is 130 cm³/mol. The molecule has 0 fully saturated rings. The van der Waals surface area contributed by atoms with Crippen molar-refractivity contribution in [2.45, 2.75) is 13.3 Å². The van der Waals surface area contributed by atoms with Crippen molar-refractivity contribution >= 4 is 41.3 Å². The van der Waals surface area contributed by atoms with Gasteiger partial charge >= 0.3 is 17.8 Å². The number of benzene rings is 3. The molecule has 2 N–H and O–H groups in total. The highest BCUT2D eigenvalue weighted by molar-refractivity contribution is 6.39. The molecule has 3 aromatic carbocycles. The first-order chi connectivity index (χ1) is 16.4. The average Bonchev–Trinajstić information content (AvgIpc) is 2.85. The third kappa shape index (κ3) is 6.43. The molecular weight excluding hydrogens is 458 g/mol. The number of ether oxygens (including phenoxy) is 2. The van der Waals surface area contributed by atoms with E-state index in [0.29, 0.717) is 28.3 Å². The molecule has 0 unspecified atom stereocenters. The zero-order chi connectivity index (χ0) is 24.5. The van der Waals surface area contributed by atoms with E-state index in [-0.39, 0.29) is 11.5 Å². The van der Waals surface area contributed by atoms with E-state index in [1.165, 1.54) is 25.5 Å². The molecule has 2 amide bonds. The van der Waals surface area contributed by atoms with Crippen LogP contribution in [0.1, 0.15) is 28.4 Å². The van der Waals surface area contributed by atoms with Crippen LogP contribution < -0.4 is 20.2 Å². The molecule has 0 aliphatic heterocycles. The number of anilines is 1. The van der Waals surface area contributed by atoms with Crippen LogP contribution in [0.5, 0.6) is 11.5 Å². The number of hydrazone groups is 1. The number of carbonyl (C=O) groups excluding carboxylic acids is 3. The first-order valence-electron chi connectivity index (χ1n) is 10.3. The van der Waals surface area contributed by atoms with Crippen molar-refractivity contribution < 1.29 is 23.9 Å². The molecule has 0 radical (unpaired) electrons. The molecule has 0 bridgehead atoms. The normalized spacial score (nSPS) is 10.6. The minimum atomic E-state index is -0.916. The van der Waals surface area contributed by atoms with E-state index in [4.69, 9.17) is 21.1 Å². The summed E-state index contributed by atoms with van der Waals surface area (Å²) in [7, 11) is 1.42. The van der Waals surface area contributed by atoms with Crippen molar-refractivity contribution in [3.63, 3.8) is 0 Å². The molecule has 0 heterocycles. The van der Waals surface area contributed by atoms with Crippen LogP contribution in [0, 0.1) is 0 Å². The number of hydrogen-bond donors (Lipinski definition) is 2. The number of amides is 2. The molecule has 8 nitrogen and oxygen atoms in total. The summed E-state index contributed by atoms with van der Waals surface area (Å²) in [5.74, 6) is -1.87. The number of para-hydroxylation sites is 1. The first-order valence-corrected chi connectivity index (χ1v) is 10.7. The highest BCUT2D eigenvalue weighted by atomic mass is 35.5. The Labute approximate surface area is 201 Å². The van der Waals surface area contributed by atoms with Crippen molar-refractivity contribution in [3.8, 4) is 11.5 Å². The number of halogens is 1. The van der Waals surface area contributed by atoms with Crippen LogP contribution in [0.25, 0.3) is 0 Å². The summed E-state index contributed by atoms with van der Waals surface area (Å²) < 4.78 is 10.7. The van der Waals surface area contributed by atoms with Crippen LogP contribution in [-0.2, 0) is 16.0 Å². The second-order valence-electron chi connectivity index (χ2n) is 6.97. The molecule has 174 valence electrons. The number of hydrogen-bond acceptors (Lipinski definition) is 6. The Morgan fingerprint density at radius 2 is 1.76 bits per heavy atom. The molecule has 0 aliphatic rings. The number of nitrogens with one attached hydrogen (secondary N) is 2. The lowest BCUT2D eigenvalue weighted by Crippen LogP contribution is -2.32. The molecule has 0 spiro atoms. The van der Waals surface area contributed by atoms with E-state index < -0.39 is 17.8 Å². The molecular formula is C25H22ClN3O5. The van der Waals surface area contributed by atoms with E-state index in [1.54, 1.807) is 42.5 Å². The Morgan fingerprint density at radius 3 is 2.50 bits per heavy atom. The van der Waals surface area contributed by atoms with Gasteiger partial charge < -0.3 is 14.8 Å². The van der Waals surface area contributed by atoms with Crippen LogP contribution in [-0.4, -0.2) is 31.1 Å². The van der Waals surface area contributed by atoms with Crippen molar-refractivity contribution in [1.29, 1.82) is 0 Å². The van der Waals surface area contributed by atoms with E-state index in [9.17, 15) is 14.4 Å². The maximum atomic E-state index is 12.4. The largest absolute Gasteiger partial charge is 0.493 e. The molecule has 0 atom stereocenters. The van der Waals surface area contributed by atoms with Gasteiger partial charge in [0.05, 0.1) is 18.9 Å².